The van der Waals surface area contributed by atoms with E-state index < -0.39 is 0 Å². The highest BCUT2D eigenvalue weighted by atomic mass is 127. The first kappa shape index (κ1) is 16.6. The van der Waals surface area contributed by atoms with Crippen molar-refractivity contribution < 1.29 is 14.3 Å². The van der Waals surface area contributed by atoms with Gasteiger partial charge in [0, 0.05) is 20.9 Å². The molecular formula is C17H18INO3. The SMILES string of the molecule is COc1ccc(CC(=O)Nc2ccc(I)cc2C)c(OC)c1. The van der Waals surface area contributed by atoms with Crippen molar-refractivity contribution in [2.75, 3.05) is 19.5 Å². The molecule has 0 aliphatic heterocycles. The van der Waals surface area contributed by atoms with E-state index in [-0.39, 0.29) is 12.3 Å². The van der Waals surface area contributed by atoms with Crippen LogP contribution >= 0.6 is 22.6 Å². The summed E-state index contributed by atoms with van der Waals surface area (Å²) in [5.74, 6) is 1.27. The van der Waals surface area contributed by atoms with Crippen LogP contribution < -0.4 is 14.8 Å². The van der Waals surface area contributed by atoms with E-state index in [4.69, 9.17) is 9.47 Å². The van der Waals surface area contributed by atoms with E-state index in [0.29, 0.717) is 11.5 Å². The number of hydrogen-bond acceptors (Lipinski definition) is 3. The molecular weight excluding hydrogens is 393 g/mol. The van der Waals surface area contributed by atoms with Crippen molar-refractivity contribution in [2.24, 2.45) is 0 Å². The number of amides is 1. The molecule has 0 atom stereocenters. The summed E-state index contributed by atoms with van der Waals surface area (Å²) in [6, 6.07) is 11.4. The van der Waals surface area contributed by atoms with E-state index in [1.54, 1.807) is 20.3 Å². The smallest absolute Gasteiger partial charge is 0.228 e. The second-order valence-electron chi connectivity index (χ2n) is 4.86. The van der Waals surface area contributed by atoms with Crippen molar-refractivity contribution in [2.45, 2.75) is 13.3 Å². The highest BCUT2D eigenvalue weighted by Gasteiger charge is 2.11. The Hall–Kier alpha value is -1.76. The van der Waals surface area contributed by atoms with Crippen molar-refractivity contribution in [3.8, 4) is 11.5 Å². The van der Waals surface area contributed by atoms with Crippen molar-refractivity contribution >= 4 is 34.2 Å². The number of benzene rings is 2. The third kappa shape index (κ3) is 4.13. The van der Waals surface area contributed by atoms with Gasteiger partial charge in [0.15, 0.2) is 0 Å². The Labute approximate surface area is 144 Å². The van der Waals surface area contributed by atoms with Crippen LogP contribution in [0.4, 0.5) is 5.69 Å². The average molecular weight is 411 g/mol. The first-order valence-electron chi connectivity index (χ1n) is 6.80. The van der Waals surface area contributed by atoms with Crippen LogP contribution in [0.2, 0.25) is 0 Å². The van der Waals surface area contributed by atoms with Crippen molar-refractivity contribution in [1.82, 2.24) is 0 Å². The maximum atomic E-state index is 12.2. The van der Waals surface area contributed by atoms with Gasteiger partial charge in [0.05, 0.1) is 20.6 Å². The predicted molar refractivity (Wildman–Crippen MR) is 95.8 cm³/mol. The van der Waals surface area contributed by atoms with Gasteiger partial charge in [-0.15, -0.1) is 0 Å². The van der Waals surface area contributed by atoms with Crippen LogP contribution in [0.15, 0.2) is 36.4 Å². The maximum absolute atomic E-state index is 12.2. The van der Waals surface area contributed by atoms with E-state index in [0.717, 1.165) is 20.4 Å². The number of carbonyl (C=O) groups excluding carboxylic acids is 1. The Bertz CT molecular complexity index is 686. The lowest BCUT2D eigenvalue weighted by molar-refractivity contribution is -0.115. The largest absolute Gasteiger partial charge is 0.497 e. The van der Waals surface area contributed by atoms with Gasteiger partial charge >= 0.3 is 0 Å². The van der Waals surface area contributed by atoms with Crippen LogP contribution in [0.25, 0.3) is 0 Å². The minimum atomic E-state index is -0.0761. The number of rotatable bonds is 5. The van der Waals surface area contributed by atoms with Crippen LogP contribution in [0.3, 0.4) is 0 Å². The van der Waals surface area contributed by atoms with Gasteiger partial charge in [-0.25, -0.2) is 0 Å². The molecule has 22 heavy (non-hydrogen) atoms. The van der Waals surface area contributed by atoms with E-state index in [1.165, 1.54) is 0 Å². The summed E-state index contributed by atoms with van der Waals surface area (Å²) >= 11 is 2.25. The molecule has 116 valence electrons. The zero-order valence-corrected chi connectivity index (χ0v) is 14.9. The Kier molecular flexibility index (Phi) is 5.65. The third-order valence-electron chi connectivity index (χ3n) is 3.31. The van der Waals surface area contributed by atoms with Crippen LogP contribution in [0.1, 0.15) is 11.1 Å². The molecule has 0 aliphatic carbocycles. The monoisotopic (exact) mass is 411 g/mol. The normalized spacial score (nSPS) is 10.2. The summed E-state index contributed by atoms with van der Waals surface area (Å²) < 4.78 is 11.6. The van der Waals surface area contributed by atoms with Crippen LogP contribution in [0.5, 0.6) is 11.5 Å². The molecule has 0 unspecified atom stereocenters. The van der Waals surface area contributed by atoms with Gasteiger partial charge in [0.1, 0.15) is 11.5 Å². The summed E-state index contributed by atoms with van der Waals surface area (Å²) in [6.07, 6.45) is 0.249. The molecule has 0 bridgehead atoms. The highest BCUT2D eigenvalue weighted by Crippen LogP contribution is 2.25. The van der Waals surface area contributed by atoms with Gasteiger partial charge in [-0.3, -0.25) is 4.79 Å². The Balaban J connectivity index is 2.12. The molecule has 0 saturated carbocycles. The lowest BCUT2D eigenvalue weighted by atomic mass is 10.1. The van der Waals surface area contributed by atoms with Gasteiger partial charge < -0.3 is 14.8 Å². The maximum Gasteiger partial charge on any atom is 0.228 e. The van der Waals surface area contributed by atoms with E-state index in [9.17, 15) is 4.79 Å². The van der Waals surface area contributed by atoms with E-state index in [2.05, 4.69) is 27.9 Å². The first-order valence-corrected chi connectivity index (χ1v) is 7.88. The summed E-state index contributed by atoms with van der Waals surface area (Å²) in [6.45, 7) is 1.98. The first-order chi connectivity index (χ1) is 10.5. The Morgan fingerprint density at radius 2 is 1.91 bits per heavy atom. The Morgan fingerprint density at radius 1 is 1.14 bits per heavy atom. The average Bonchev–Trinajstić information content (AvgIpc) is 2.50. The fraction of sp³-hybridized carbons (Fsp3) is 0.235. The standard InChI is InChI=1S/C17H18INO3/c1-11-8-13(18)5-7-15(11)19-17(20)9-12-4-6-14(21-2)10-16(12)22-3/h4-8,10H,9H2,1-3H3,(H,19,20). The molecule has 2 aromatic carbocycles. The minimum absolute atomic E-state index is 0.0761. The second-order valence-corrected chi connectivity index (χ2v) is 6.11. The molecule has 2 rings (SSSR count). The second kappa shape index (κ2) is 7.49. The summed E-state index contributed by atoms with van der Waals surface area (Å²) in [5.41, 5.74) is 2.70. The molecule has 0 aliphatic rings. The molecule has 1 amide bonds. The van der Waals surface area contributed by atoms with E-state index >= 15 is 0 Å². The molecule has 0 radical (unpaired) electrons. The highest BCUT2D eigenvalue weighted by molar-refractivity contribution is 14.1. The number of methoxy groups -OCH3 is 2. The van der Waals surface area contributed by atoms with Gasteiger partial charge in [0.25, 0.3) is 0 Å². The number of anilines is 1. The minimum Gasteiger partial charge on any atom is -0.497 e. The van der Waals surface area contributed by atoms with E-state index in [1.807, 2.05) is 37.3 Å². The number of carbonyl (C=O) groups is 1. The lowest BCUT2D eigenvalue weighted by Gasteiger charge is -2.12. The number of nitrogens with one attached hydrogen (secondary N) is 1. The molecule has 0 aromatic heterocycles. The molecule has 0 saturated heterocycles. The van der Waals surface area contributed by atoms with Gasteiger partial charge in [-0.1, -0.05) is 6.07 Å². The van der Waals surface area contributed by atoms with Crippen molar-refractivity contribution in [3.63, 3.8) is 0 Å². The number of ether oxygens (including phenoxy) is 2. The van der Waals surface area contributed by atoms with Gasteiger partial charge in [0.2, 0.25) is 5.91 Å². The van der Waals surface area contributed by atoms with Crippen molar-refractivity contribution in [3.05, 3.63) is 51.1 Å². The van der Waals surface area contributed by atoms with Crippen LogP contribution in [0, 0.1) is 10.5 Å². The molecule has 0 spiro atoms. The Morgan fingerprint density at radius 3 is 2.55 bits per heavy atom. The van der Waals surface area contributed by atoms with Crippen LogP contribution in [-0.2, 0) is 11.2 Å². The van der Waals surface area contributed by atoms with Gasteiger partial charge in [-0.2, -0.15) is 0 Å². The predicted octanol–water partition coefficient (Wildman–Crippen LogP) is 3.80. The van der Waals surface area contributed by atoms with Gasteiger partial charge in [-0.05, 0) is 59.3 Å². The quantitative estimate of drug-likeness (QED) is 0.762. The summed E-state index contributed by atoms with van der Waals surface area (Å²) in [4.78, 5) is 12.2. The zero-order valence-electron chi connectivity index (χ0n) is 12.8. The number of hydrogen-bond donors (Lipinski definition) is 1. The zero-order chi connectivity index (χ0) is 16.1. The third-order valence-corrected chi connectivity index (χ3v) is 3.98. The van der Waals surface area contributed by atoms with Crippen LogP contribution in [-0.4, -0.2) is 20.1 Å². The molecule has 5 heteroatoms. The number of halogens is 1. The lowest BCUT2D eigenvalue weighted by Crippen LogP contribution is -2.15. The molecule has 1 N–H and O–H groups in total. The summed E-state index contributed by atoms with van der Waals surface area (Å²) in [5, 5.41) is 2.94. The molecule has 2 aromatic rings. The topological polar surface area (TPSA) is 47.6 Å². The number of aryl methyl sites for hydroxylation is 1. The fourth-order valence-electron chi connectivity index (χ4n) is 2.13. The summed E-state index contributed by atoms with van der Waals surface area (Å²) in [7, 11) is 3.18. The fourth-order valence-corrected chi connectivity index (χ4v) is 2.78. The molecule has 0 fully saturated rings. The van der Waals surface area contributed by atoms with Crippen molar-refractivity contribution in [1.29, 1.82) is 0 Å². The molecule has 0 heterocycles. The molecule has 4 nitrogen and oxygen atoms in total.